The zero-order chi connectivity index (χ0) is 13.1. The van der Waals surface area contributed by atoms with Crippen molar-refractivity contribution in [2.75, 3.05) is 12.9 Å². The molecule has 0 fully saturated rings. The molecule has 0 aromatic heterocycles. The molecular weight excluding hydrogens is 242 g/mol. The van der Waals surface area contributed by atoms with E-state index in [1.54, 1.807) is 6.92 Å². The maximum absolute atomic E-state index is 11.5. The highest BCUT2D eigenvalue weighted by molar-refractivity contribution is 7.90. The summed E-state index contributed by atoms with van der Waals surface area (Å²) in [7, 11) is -3.42. The minimum Gasteiger partial charge on any atom is -0.462 e. The minimum absolute atomic E-state index is 0.0143. The maximum Gasteiger partial charge on any atom is 0.339 e. The van der Waals surface area contributed by atoms with Crippen LogP contribution < -0.4 is 0 Å². The van der Waals surface area contributed by atoms with Crippen LogP contribution in [0, 0.1) is 11.3 Å². The van der Waals surface area contributed by atoms with Crippen LogP contribution in [0.3, 0.4) is 0 Å². The number of benzene rings is 1. The first-order valence-corrected chi connectivity index (χ1v) is 6.70. The molecule has 0 spiro atoms. The van der Waals surface area contributed by atoms with Gasteiger partial charge in [-0.3, -0.25) is 0 Å². The Labute approximate surface area is 99.5 Å². The number of ether oxygens (including phenoxy) is 1. The predicted octanol–water partition coefficient (Wildman–Crippen LogP) is 1.14. The lowest BCUT2D eigenvalue weighted by Gasteiger charge is -2.05. The van der Waals surface area contributed by atoms with E-state index < -0.39 is 15.8 Å². The van der Waals surface area contributed by atoms with E-state index in [1.807, 2.05) is 6.07 Å². The second-order valence-corrected chi connectivity index (χ2v) is 5.33. The van der Waals surface area contributed by atoms with Gasteiger partial charge in [0.1, 0.15) is 6.07 Å². The van der Waals surface area contributed by atoms with E-state index in [1.165, 1.54) is 12.1 Å². The molecule has 0 heterocycles. The Bertz CT molecular complexity index is 584. The van der Waals surface area contributed by atoms with Gasteiger partial charge in [-0.15, -0.1) is 0 Å². The van der Waals surface area contributed by atoms with Gasteiger partial charge in [0.2, 0.25) is 0 Å². The summed E-state index contributed by atoms with van der Waals surface area (Å²) in [6.45, 7) is 1.79. The number of nitrogens with zero attached hydrogens (tertiary/aromatic N) is 1. The Kier molecular flexibility index (Phi) is 3.86. The van der Waals surface area contributed by atoms with Crippen LogP contribution in [0.15, 0.2) is 23.1 Å². The summed E-state index contributed by atoms with van der Waals surface area (Å²) in [6.07, 6.45) is 1.03. The Balaban J connectivity index is 3.36. The number of rotatable bonds is 3. The molecule has 0 radical (unpaired) electrons. The van der Waals surface area contributed by atoms with Gasteiger partial charge in [0, 0.05) is 6.26 Å². The maximum atomic E-state index is 11.5. The van der Waals surface area contributed by atoms with E-state index in [4.69, 9.17) is 10.00 Å². The van der Waals surface area contributed by atoms with Crippen LogP contribution in [-0.2, 0) is 14.6 Å². The first-order valence-electron chi connectivity index (χ1n) is 4.81. The zero-order valence-electron chi connectivity index (χ0n) is 9.43. The minimum atomic E-state index is -3.42. The molecule has 0 aliphatic carbocycles. The van der Waals surface area contributed by atoms with E-state index in [0.29, 0.717) is 0 Å². The van der Waals surface area contributed by atoms with Gasteiger partial charge in [0.05, 0.1) is 22.6 Å². The lowest BCUT2D eigenvalue weighted by molar-refractivity contribution is 0.0525. The first-order chi connectivity index (χ1) is 7.90. The number of esters is 1. The third-order valence-corrected chi connectivity index (χ3v) is 3.15. The quantitative estimate of drug-likeness (QED) is 0.754. The predicted molar refractivity (Wildman–Crippen MR) is 60.2 cm³/mol. The van der Waals surface area contributed by atoms with Crippen molar-refractivity contribution in [1.29, 1.82) is 5.26 Å². The van der Waals surface area contributed by atoms with Crippen LogP contribution >= 0.6 is 0 Å². The molecule has 90 valence electrons. The Morgan fingerprint density at radius 2 is 2.12 bits per heavy atom. The van der Waals surface area contributed by atoms with Gasteiger partial charge in [-0.25, -0.2) is 13.2 Å². The van der Waals surface area contributed by atoms with Crippen molar-refractivity contribution in [2.45, 2.75) is 11.8 Å². The SMILES string of the molecule is CCOC(=O)c1cc(S(C)(=O)=O)ccc1C#N. The van der Waals surface area contributed by atoms with Gasteiger partial charge in [-0.1, -0.05) is 0 Å². The third kappa shape index (κ3) is 3.04. The standard InChI is InChI=1S/C11H11NO4S/c1-3-16-11(13)10-6-9(17(2,14)15)5-4-8(10)7-12/h4-6H,3H2,1-2H3. The highest BCUT2D eigenvalue weighted by Gasteiger charge is 2.16. The van der Waals surface area contributed by atoms with E-state index in [2.05, 4.69) is 0 Å². The van der Waals surface area contributed by atoms with Crippen molar-refractivity contribution in [2.24, 2.45) is 0 Å². The van der Waals surface area contributed by atoms with Gasteiger partial charge in [-0.05, 0) is 25.1 Å². The Morgan fingerprint density at radius 1 is 1.47 bits per heavy atom. The fourth-order valence-corrected chi connectivity index (χ4v) is 1.88. The molecule has 6 heteroatoms. The lowest BCUT2D eigenvalue weighted by Crippen LogP contribution is -2.09. The number of carbonyl (C=O) groups is 1. The van der Waals surface area contributed by atoms with Crippen LogP contribution in [0.25, 0.3) is 0 Å². The smallest absolute Gasteiger partial charge is 0.339 e. The van der Waals surface area contributed by atoms with Crippen molar-refractivity contribution in [1.82, 2.24) is 0 Å². The summed E-state index contributed by atoms with van der Waals surface area (Å²) in [5, 5.41) is 8.82. The molecule has 1 aromatic carbocycles. The van der Waals surface area contributed by atoms with E-state index in [9.17, 15) is 13.2 Å². The zero-order valence-corrected chi connectivity index (χ0v) is 10.2. The topological polar surface area (TPSA) is 84.2 Å². The summed E-state index contributed by atoms with van der Waals surface area (Å²) in [5.41, 5.74) is 0.0631. The molecule has 17 heavy (non-hydrogen) atoms. The number of nitriles is 1. The molecule has 1 rings (SSSR count). The molecule has 0 aliphatic rings. The van der Waals surface area contributed by atoms with Crippen LogP contribution in [0.2, 0.25) is 0 Å². The molecule has 0 aliphatic heterocycles. The average molecular weight is 253 g/mol. The second kappa shape index (κ2) is 4.97. The van der Waals surface area contributed by atoms with Crippen molar-refractivity contribution in [3.63, 3.8) is 0 Å². The van der Waals surface area contributed by atoms with Crippen LogP contribution in [-0.4, -0.2) is 27.2 Å². The van der Waals surface area contributed by atoms with Gasteiger partial charge in [0.15, 0.2) is 9.84 Å². The highest BCUT2D eigenvalue weighted by atomic mass is 32.2. The van der Waals surface area contributed by atoms with Gasteiger partial charge < -0.3 is 4.74 Å². The number of hydrogen-bond acceptors (Lipinski definition) is 5. The highest BCUT2D eigenvalue weighted by Crippen LogP contribution is 2.16. The number of sulfone groups is 1. The molecule has 1 aromatic rings. The summed E-state index contributed by atoms with van der Waals surface area (Å²) < 4.78 is 27.4. The van der Waals surface area contributed by atoms with Crippen LogP contribution in [0.5, 0.6) is 0 Å². The third-order valence-electron chi connectivity index (χ3n) is 2.03. The lowest BCUT2D eigenvalue weighted by atomic mass is 10.1. The van der Waals surface area contributed by atoms with E-state index >= 15 is 0 Å². The first kappa shape index (κ1) is 13.2. The largest absolute Gasteiger partial charge is 0.462 e. The van der Waals surface area contributed by atoms with Gasteiger partial charge in [0.25, 0.3) is 0 Å². The fourth-order valence-electron chi connectivity index (χ4n) is 1.23. The molecule has 0 atom stereocenters. The van der Waals surface area contributed by atoms with Gasteiger partial charge in [-0.2, -0.15) is 5.26 Å². The van der Waals surface area contributed by atoms with Crippen molar-refractivity contribution >= 4 is 15.8 Å². The number of hydrogen-bond donors (Lipinski definition) is 0. The summed E-state index contributed by atoms with van der Waals surface area (Å²) in [6, 6.07) is 5.56. The van der Waals surface area contributed by atoms with Crippen molar-refractivity contribution in [3.8, 4) is 6.07 Å². The molecule has 0 saturated carbocycles. The summed E-state index contributed by atoms with van der Waals surface area (Å²) >= 11 is 0. The molecule has 5 nitrogen and oxygen atoms in total. The normalized spacial score (nSPS) is 10.6. The molecule has 0 bridgehead atoms. The van der Waals surface area contributed by atoms with Gasteiger partial charge >= 0.3 is 5.97 Å². The molecule has 0 amide bonds. The van der Waals surface area contributed by atoms with Crippen LogP contribution in [0.4, 0.5) is 0 Å². The molecular formula is C11H11NO4S. The van der Waals surface area contributed by atoms with E-state index in [0.717, 1.165) is 12.3 Å². The fraction of sp³-hybridized carbons (Fsp3) is 0.273. The monoisotopic (exact) mass is 253 g/mol. The Hall–Kier alpha value is -1.87. The van der Waals surface area contributed by atoms with E-state index in [-0.39, 0.29) is 22.6 Å². The molecule has 0 unspecified atom stereocenters. The summed E-state index contributed by atoms with van der Waals surface area (Å²) in [4.78, 5) is 11.5. The summed E-state index contributed by atoms with van der Waals surface area (Å²) in [5.74, 6) is -0.699. The Morgan fingerprint density at radius 3 is 2.59 bits per heavy atom. The number of carbonyl (C=O) groups excluding carboxylic acids is 1. The second-order valence-electron chi connectivity index (χ2n) is 3.31. The van der Waals surface area contributed by atoms with Crippen molar-refractivity contribution in [3.05, 3.63) is 29.3 Å². The van der Waals surface area contributed by atoms with Crippen molar-refractivity contribution < 1.29 is 17.9 Å². The average Bonchev–Trinajstić information content (AvgIpc) is 2.27. The molecule has 0 saturated heterocycles. The van der Waals surface area contributed by atoms with Crippen LogP contribution in [0.1, 0.15) is 22.8 Å². The molecule has 0 N–H and O–H groups in total.